The molecule has 0 amide bonds. The predicted octanol–water partition coefficient (Wildman–Crippen LogP) is -1.75. The van der Waals surface area contributed by atoms with Gasteiger partial charge in [0.25, 0.3) is 0 Å². The number of aliphatic hydroxyl groups excluding tert-OH is 3. The van der Waals surface area contributed by atoms with Crippen LogP contribution in [0.15, 0.2) is 0 Å². The average molecular weight is 234 g/mol. The minimum absolute atomic E-state index is 0.444. The standard InChI is InChI=1S/C9H14O7/c1-4(10)16-9(8(14)15)2-5(11)7(13)6(12)3-9/h5-7,11-13H,2-3H2,1H3,(H,14,15)/t5-,6?,7?,9?/m1/s1. The molecule has 0 bridgehead atoms. The summed E-state index contributed by atoms with van der Waals surface area (Å²) in [7, 11) is 0. The lowest BCUT2D eigenvalue weighted by molar-refractivity contribution is -0.203. The van der Waals surface area contributed by atoms with Crippen LogP contribution < -0.4 is 0 Å². The molecule has 0 aromatic carbocycles. The number of carbonyl (C=O) groups is 2. The first-order chi connectivity index (χ1) is 7.28. The van der Waals surface area contributed by atoms with Crippen molar-refractivity contribution in [2.45, 2.75) is 43.7 Å². The van der Waals surface area contributed by atoms with E-state index in [4.69, 9.17) is 5.11 Å². The van der Waals surface area contributed by atoms with Gasteiger partial charge >= 0.3 is 11.9 Å². The Morgan fingerprint density at radius 1 is 1.19 bits per heavy atom. The summed E-state index contributed by atoms with van der Waals surface area (Å²) >= 11 is 0. The molecular weight excluding hydrogens is 220 g/mol. The fourth-order valence-electron chi connectivity index (χ4n) is 1.83. The van der Waals surface area contributed by atoms with Crippen molar-refractivity contribution < 1.29 is 34.8 Å². The van der Waals surface area contributed by atoms with Gasteiger partial charge in [0, 0.05) is 19.8 Å². The molecule has 4 atom stereocenters. The van der Waals surface area contributed by atoms with Gasteiger partial charge in [-0.1, -0.05) is 0 Å². The maximum Gasteiger partial charge on any atom is 0.348 e. The zero-order valence-electron chi connectivity index (χ0n) is 8.66. The molecular formula is C9H14O7. The van der Waals surface area contributed by atoms with Crippen molar-refractivity contribution in [1.82, 2.24) is 0 Å². The van der Waals surface area contributed by atoms with Crippen molar-refractivity contribution in [2.75, 3.05) is 0 Å². The van der Waals surface area contributed by atoms with Gasteiger partial charge in [0.15, 0.2) is 0 Å². The number of hydrogen-bond donors (Lipinski definition) is 4. The molecule has 1 saturated carbocycles. The van der Waals surface area contributed by atoms with Gasteiger partial charge in [-0.2, -0.15) is 0 Å². The summed E-state index contributed by atoms with van der Waals surface area (Å²) in [6, 6.07) is 0. The van der Waals surface area contributed by atoms with Crippen LogP contribution in [-0.2, 0) is 14.3 Å². The van der Waals surface area contributed by atoms with Gasteiger partial charge in [0.2, 0.25) is 5.60 Å². The van der Waals surface area contributed by atoms with Crippen LogP contribution in [0.1, 0.15) is 19.8 Å². The first-order valence-corrected chi connectivity index (χ1v) is 4.75. The maximum atomic E-state index is 11.0. The van der Waals surface area contributed by atoms with E-state index in [0.29, 0.717) is 0 Å². The summed E-state index contributed by atoms with van der Waals surface area (Å²) in [5.41, 5.74) is -1.97. The van der Waals surface area contributed by atoms with Crippen molar-refractivity contribution in [1.29, 1.82) is 0 Å². The van der Waals surface area contributed by atoms with Crippen molar-refractivity contribution in [3.63, 3.8) is 0 Å². The molecule has 4 N–H and O–H groups in total. The zero-order chi connectivity index (χ0) is 12.5. The van der Waals surface area contributed by atoms with Crippen molar-refractivity contribution in [3.05, 3.63) is 0 Å². The number of aliphatic hydroxyl groups is 3. The Balaban J connectivity index is 2.95. The Morgan fingerprint density at radius 3 is 1.94 bits per heavy atom. The first-order valence-electron chi connectivity index (χ1n) is 4.75. The molecule has 7 heteroatoms. The minimum atomic E-state index is -1.97. The lowest BCUT2D eigenvalue weighted by Crippen LogP contribution is -2.57. The molecule has 0 aromatic heterocycles. The van der Waals surface area contributed by atoms with Crippen LogP contribution in [0.4, 0.5) is 0 Å². The number of carbonyl (C=O) groups excluding carboxylic acids is 1. The summed E-state index contributed by atoms with van der Waals surface area (Å²) < 4.78 is 4.66. The second-order valence-corrected chi connectivity index (χ2v) is 3.93. The highest BCUT2D eigenvalue weighted by atomic mass is 16.6. The molecule has 0 heterocycles. The third-order valence-electron chi connectivity index (χ3n) is 2.60. The van der Waals surface area contributed by atoms with Crippen molar-refractivity contribution >= 4 is 11.9 Å². The van der Waals surface area contributed by atoms with Crippen LogP contribution in [-0.4, -0.2) is 56.3 Å². The van der Waals surface area contributed by atoms with E-state index in [1.165, 1.54) is 0 Å². The van der Waals surface area contributed by atoms with Gasteiger partial charge in [-0.05, 0) is 0 Å². The van der Waals surface area contributed by atoms with Crippen molar-refractivity contribution in [2.24, 2.45) is 0 Å². The van der Waals surface area contributed by atoms with Crippen LogP contribution in [0.25, 0.3) is 0 Å². The molecule has 0 radical (unpaired) electrons. The molecule has 1 aliphatic rings. The van der Waals surface area contributed by atoms with Crippen LogP contribution in [0.2, 0.25) is 0 Å². The fraction of sp³-hybridized carbons (Fsp3) is 0.778. The van der Waals surface area contributed by atoms with Crippen LogP contribution in [0, 0.1) is 0 Å². The van der Waals surface area contributed by atoms with Crippen LogP contribution in [0.5, 0.6) is 0 Å². The van der Waals surface area contributed by atoms with E-state index in [-0.39, 0.29) is 0 Å². The maximum absolute atomic E-state index is 11.0. The molecule has 92 valence electrons. The molecule has 0 aromatic rings. The Bertz CT molecular complexity index is 288. The SMILES string of the molecule is CC(=O)OC1(C(=O)O)CC(O)C(O)[C@H](O)C1. The van der Waals surface area contributed by atoms with Gasteiger partial charge in [-0.15, -0.1) is 0 Å². The van der Waals surface area contributed by atoms with E-state index < -0.39 is 48.7 Å². The second-order valence-electron chi connectivity index (χ2n) is 3.93. The summed E-state index contributed by atoms with van der Waals surface area (Å²) in [4.78, 5) is 21.8. The smallest absolute Gasteiger partial charge is 0.348 e. The number of esters is 1. The first kappa shape index (κ1) is 12.9. The Hall–Kier alpha value is -1.18. The Kier molecular flexibility index (Phi) is 3.51. The number of rotatable bonds is 2. The number of carboxylic acid groups (broad SMARTS) is 1. The Morgan fingerprint density at radius 2 is 1.62 bits per heavy atom. The van der Waals surface area contributed by atoms with E-state index in [9.17, 15) is 24.9 Å². The van der Waals surface area contributed by atoms with Crippen molar-refractivity contribution in [3.8, 4) is 0 Å². The lowest BCUT2D eigenvalue weighted by atomic mass is 9.79. The molecule has 0 aliphatic heterocycles. The summed E-state index contributed by atoms with van der Waals surface area (Å²) in [5.74, 6) is -2.27. The topological polar surface area (TPSA) is 124 Å². The average Bonchev–Trinajstić information content (AvgIpc) is 2.12. The van der Waals surface area contributed by atoms with Crippen LogP contribution in [0.3, 0.4) is 0 Å². The summed E-state index contributed by atoms with van der Waals surface area (Å²) in [5, 5.41) is 37.0. The lowest BCUT2D eigenvalue weighted by Gasteiger charge is -2.39. The second kappa shape index (κ2) is 4.36. The normalized spacial score (nSPS) is 39.1. The highest BCUT2D eigenvalue weighted by molar-refractivity contribution is 5.81. The van der Waals surface area contributed by atoms with E-state index >= 15 is 0 Å². The van der Waals surface area contributed by atoms with Gasteiger partial charge in [-0.3, -0.25) is 4.79 Å². The molecule has 16 heavy (non-hydrogen) atoms. The third-order valence-corrected chi connectivity index (χ3v) is 2.60. The quantitative estimate of drug-likeness (QED) is 0.417. The zero-order valence-corrected chi connectivity index (χ0v) is 8.66. The van der Waals surface area contributed by atoms with Gasteiger partial charge in [-0.25, -0.2) is 4.79 Å². The molecule has 7 nitrogen and oxygen atoms in total. The summed E-state index contributed by atoms with van der Waals surface area (Å²) in [6.45, 7) is 1.04. The van der Waals surface area contributed by atoms with Gasteiger partial charge in [0.05, 0.1) is 12.2 Å². The largest absolute Gasteiger partial charge is 0.478 e. The molecule has 0 saturated heterocycles. The van der Waals surface area contributed by atoms with E-state index in [2.05, 4.69) is 4.74 Å². The summed E-state index contributed by atoms with van der Waals surface area (Å²) in [6.07, 6.45) is -5.21. The van der Waals surface area contributed by atoms with E-state index in [1.807, 2.05) is 0 Å². The highest BCUT2D eigenvalue weighted by Gasteiger charge is 2.52. The van der Waals surface area contributed by atoms with E-state index in [0.717, 1.165) is 6.92 Å². The number of ether oxygens (including phenoxy) is 1. The monoisotopic (exact) mass is 234 g/mol. The van der Waals surface area contributed by atoms with Crippen LogP contribution >= 0.6 is 0 Å². The highest BCUT2D eigenvalue weighted by Crippen LogP contribution is 2.33. The minimum Gasteiger partial charge on any atom is -0.478 e. The number of hydrogen-bond acceptors (Lipinski definition) is 6. The molecule has 1 aliphatic carbocycles. The molecule has 1 rings (SSSR count). The number of aliphatic carboxylic acids is 1. The van der Waals surface area contributed by atoms with Gasteiger partial charge in [0.1, 0.15) is 6.10 Å². The fourth-order valence-corrected chi connectivity index (χ4v) is 1.83. The Labute approximate surface area is 91.3 Å². The third kappa shape index (κ3) is 2.31. The molecule has 1 fully saturated rings. The number of carboxylic acids is 1. The molecule has 3 unspecified atom stereocenters. The van der Waals surface area contributed by atoms with Gasteiger partial charge < -0.3 is 25.2 Å². The molecule has 0 spiro atoms. The van der Waals surface area contributed by atoms with E-state index in [1.54, 1.807) is 0 Å². The predicted molar refractivity (Wildman–Crippen MR) is 49.4 cm³/mol.